The highest BCUT2D eigenvalue weighted by molar-refractivity contribution is 7.18. The lowest BCUT2D eigenvalue weighted by atomic mass is 10.2. The average molecular weight is 286 g/mol. The molecule has 0 fully saturated rings. The van der Waals surface area contributed by atoms with Gasteiger partial charge in [0, 0.05) is 18.0 Å². The van der Waals surface area contributed by atoms with Crippen LogP contribution in [0.2, 0.25) is 0 Å². The van der Waals surface area contributed by atoms with E-state index in [1.807, 2.05) is 12.1 Å². The fraction of sp³-hybridized carbons (Fsp3) is 0.312. The van der Waals surface area contributed by atoms with Crippen LogP contribution >= 0.6 is 11.3 Å². The Hall–Kier alpha value is -1.65. The third-order valence-corrected chi connectivity index (χ3v) is 4.22. The van der Waals surface area contributed by atoms with Crippen LogP contribution in [-0.2, 0) is 13.0 Å². The topological polar surface area (TPSA) is 38.1 Å². The largest absolute Gasteiger partial charge is 0.468 e. The summed E-state index contributed by atoms with van der Waals surface area (Å²) in [5.41, 5.74) is 2.30. The molecule has 104 valence electrons. The first-order valence-electron chi connectivity index (χ1n) is 6.85. The minimum absolute atomic E-state index is 0.454. The van der Waals surface area contributed by atoms with Crippen LogP contribution in [0.25, 0.3) is 10.2 Å². The van der Waals surface area contributed by atoms with E-state index in [1.54, 1.807) is 17.6 Å². The number of fused-ring (bicyclic) bond motifs is 1. The van der Waals surface area contributed by atoms with Crippen molar-refractivity contribution in [3.8, 4) is 0 Å². The monoisotopic (exact) mass is 286 g/mol. The summed E-state index contributed by atoms with van der Waals surface area (Å²) in [4.78, 5) is 4.68. The third-order valence-electron chi connectivity index (χ3n) is 3.19. The molecule has 3 nitrogen and oxygen atoms in total. The summed E-state index contributed by atoms with van der Waals surface area (Å²) in [7, 11) is 0. The van der Waals surface area contributed by atoms with E-state index in [2.05, 4.69) is 42.3 Å². The molecule has 0 saturated carbocycles. The predicted molar refractivity (Wildman–Crippen MR) is 83.1 cm³/mol. The highest BCUT2D eigenvalue weighted by atomic mass is 32.1. The van der Waals surface area contributed by atoms with E-state index >= 15 is 0 Å². The SMILES string of the molecule is CC(C)NCc1occc1Cc1nc2ccccc2s1. The lowest BCUT2D eigenvalue weighted by molar-refractivity contribution is 0.461. The molecule has 0 aliphatic heterocycles. The summed E-state index contributed by atoms with van der Waals surface area (Å²) in [6.45, 7) is 5.04. The fourth-order valence-electron chi connectivity index (χ4n) is 2.13. The maximum absolute atomic E-state index is 5.58. The summed E-state index contributed by atoms with van der Waals surface area (Å²) in [5, 5.41) is 4.53. The maximum atomic E-state index is 5.58. The molecule has 0 atom stereocenters. The molecule has 0 spiro atoms. The van der Waals surface area contributed by atoms with Crippen molar-refractivity contribution in [1.82, 2.24) is 10.3 Å². The van der Waals surface area contributed by atoms with E-state index in [0.29, 0.717) is 6.04 Å². The van der Waals surface area contributed by atoms with Crippen LogP contribution in [-0.4, -0.2) is 11.0 Å². The summed E-state index contributed by atoms with van der Waals surface area (Å²) >= 11 is 1.76. The van der Waals surface area contributed by atoms with Crippen molar-refractivity contribution in [2.45, 2.75) is 32.9 Å². The van der Waals surface area contributed by atoms with Gasteiger partial charge >= 0.3 is 0 Å². The summed E-state index contributed by atoms with van der Waals surface area (Å²) < 4.78 is 6.82. The zero-order valence-corrected chi connectivity index (χ0v) is 12.5. The maximum Gasteiger partial charge on any atom is 0.121 e. The minimum Gasteiger partial charge on any atom is -0.468 e. The van der Waals surface area contributed by atoms with Gasteiger partial charge < -0.3 is 9.73 Å². The van der Waals surface area contributed by atoms with E-state index in [9.17, 15) is 0 Å². The third kappa shape index (κ3) is 2.92. The molecule has 1 N–H and O–H groups in total. The van der Waals surface area contributed by atoms with Gasteiger partial charge in [0.05, 0.1) is 28.0 Å². The molecular weight excluding hydrogens is 268 g/mol. The van der Waals surface area contributed by atoms with Gasteiger partial charge in [-0.3, -0.25) is 0 Å². The molecule has 0 aliphatic carbocycles. The van der Waals surface area contributed by atoms with Gasteiger partial charge in [0.15, 0.2) is 0 Å². The van der Waals surface area contributed by atoms with E-state index in [4.69, 9.17) is 4.42 Å². The Kier molecular flexibility index (Phi) is 3.85. The van der Waals surface area contributed by atoms with Crippen molar-refractivity contribution >= 4 is 21.6 Å². The number of benzene rings is 1. The molecule has 0 saturated heterocycles. The van der Waals surface area contributed by atoms with Gasteiger partial charge in [-0.2, -0.15) is 0 Å². The number of nitrogens with zero attached hydrogens (tertiary/aromatic N) is 1. The Morgan fingerprint density at radius 3 is 2.90 bits per heavy atom. The molecule has 3 rings (SSSR count). The Morgan fingerprint density at radius 1 is 1.25 bits per heavy atom. The molecule has 3 aromatic rings. The van der Waals surface area contributed by atoms with Crippen LogP contribution in [0.15, 0.2) is 41.0 Å². The first-order chi connectivity index (χ1) is 9.72. The quantitative estimate of drug-likeness (QED) is 0.771. The molecular formula is C16H18N2OS. The number of rotatable bonds is 5. The Morgan fingerprint density at radius 2 is 2.10 bits per heavy atom. The molecule has 0 aliphatic rings. The summed E-state index contributed by atoms with van der Waals surface area (Å²) in [6.07, 6.45) is 2.60. The van der Waals surface area contributed by atoms with Crippen molar-refractivity contribution in [3.05, 3.63) is 52.9 Å². The number of nitrogens with one attached hydrogen (secondary N) is 1. The molecule has 0 bridgehead atoms. The van der Waals surface area contributed by atoms with E-state index < -0.39 is 0 Å². The van der Waals surface area contributed by atoms with E-state index in [0.717, 1.165) is 29.3 Å². The fourth-order valence-corrected chi connectivity index (χ4v) is 3.13. The van der Waals surface area contributed by atoms with Crippen LogP contribution in [0.5, 0.6) is 0 Å². The van der Waals surface area contributed by atoms with Gasteiger partial charge in [-0.05, 0) is 18.2 Å². The second-order valence-corrected chi connectivity index (χ2v) is 6.27. The Bertz CT molecular complexity index is 666. The molecule has 0 unspecified atom stereocenters. The second kappa shape index (κ2) is 5.77. The van der Waals surface area contributed by atoms with Gasteiger partial charge in [0.25, 0.3) is 0 Å². The molecule has 0 amide bonds. The lowest BCUT2D eigenvalue weighted by Crippen LogP contribution is -2.22. The van der Waals surface area contributed by atoms with Crippen LogP contribution in [0.4, 0.5) is 0 Å². The van der Waals surface area contributed by atoms with Gasteiger partial charge in [0.1, 0.15) is 5.76 Å². The second-order valence-electron chi connectivity index (χ2n) is 5.16. The first-order valence-corrected chi connectivity index (χ1v) is 7.67. The molecule has 0 radical (unpaired) electrons. The van der Waals surface area contributed by atoms with Crippen LogP contribution in [0.3, 0.4) is 0 Å². The Balaban J connectivity index is 1.78. The molecule has 1 aromatic carbocycles. The normalized spacial score (nSPS) is 11.6. The average Bonchev–Trinajstić information content (AvgIpc) is 3.02. The molecule has 2 heterocycles. The number of thiazole rings is 1. The van der Waals surface area contributed by atoms with E-state index in [-0.39, 0.29) is 0 Å². The lowest BCUT2D eigenvalue weighted by Gasteiger charge is -2.07. The predicted octanol–water partition coefficient (Wildman–Crippen LogP) is 3.98. The van der Waals surface area contributed by atoms with Gasteiger partial charge in [-0.1, -0.05) is 26.0 Å². The van der Waals surface area contributed by atoms with E-state index in [1.165, 1.54) is 10.3 Å². The number of furan rings is 1. The van der Waals surface area contributed by atoms with Crippen LogP contribution < -0.4 is 5.32 Å². The van der Waals surface area contributed by atoms with Crippen molar-refractivity contribution in [2.75, 3.05) is 0 Å². The molecule has 4 heteroatoms. The zero-order valence-electron chi connectivity index (χ0n) is 11.7. The summed E-state index contributed by atoms with van der Waals surface area (Å²) in [6, 6.07) is 10.8. The van der Waals surface area contributed by atoms with Crippen molar-refractivity contribution in [1.29, 1.82) is 0 Å². The highest BCUT2D eigenvalue weighted by Crippen LogP contribution is 2.25. The number of para-hydroxylation sites is 1. The number of hydrogen-bond donors (Lipinski definition) is 1. The van der Waals surface area contributed by atoms with Gasteiger partial charge in [0.2, 0.25) is 0 Å². The molecule has 20 heavy (non-hydrogen) atoms. The Labute approximate surface area is 122 Å². The van der Waals surface area contributed by atoms with Crippen molar-refractivity contribution in [2.24, 2.45) is 0 Å². The highest BCUT2D eigenvalue weighted by Gasteiger charge is 2.10. The van der Waals surface area contributed by atoms with Gasteiger partial charge in [-0.15, -0.1) is 11.3 Å². The number of hydrogen-bond acceptors (Lipinski definition) is 4. The van der Waals surface area contributed by atoms with Gasteiger partial charge in [-0.25, -0.2) is 4.98 Å². The van der Waals surface area contributed by atoms with Crippen molar-refractivity contribution < 1.29 is 4.42 Å². The zero-order chi connectivity index (χ0) is 13.9. The minimum atomic E-state index is 0.454. The smallest absolute Gasteiger partial charge is 0.121 e. The molecule has 2 aromatic heterocycles. The standard InChI is InChI=1S/C16H18N2OS/c1-11(2)17-10-14-12(7-8-19-14)9-16-18-13-5-3-4-6-15(13)20-16/h3-8,11,17H,9-10H2,1-2H3. The van der Waals surface area contributed by atoms with Crippen molar-refractivity contribution in [3.63, 3.8) is 0 Å². The number of aromatic nitrogens is 1. The summed E-state index contributed by atoms with van der Waals surface area (Å²) in [5.74, 6) is 1.01. The van der Waals surface area contributed by atoms with Crippen LogP contribution in [0.1, 0.15) is 30.2 Å². The first kappa shape index (κ1) is 13.3. The van der Waals surface area contributed by atoms with Crippen LogP contribution in [0, 0.1) is 0 Å².